The first kappa shape index (κ1) is 24.0. The molecule has 7 nitrogen and oxygen atoms in total. The van der Waals surface area contributed by atoms with Gasteiger partial charge in [0, 0.05) is 25.1 Å². The molecule has 0 aliphatic carbocycles. The van der Waals surface area contributed by atoms with Gasteiger partial charge in [0.25, 0.3) is 0 Å². The Bertz CT molecular complexity index is 1030. The second-order valence-electron chi connectivity index (χ2n) is 7.72. The lowest BCUT2D eigenvalue weighted by atomic mass is 10.1. The standard InChI is InChI=1S/C24H30N6O.HI/c1-3-25-24(27-17-23-29-28-22-11-7-8-14-30(22)23)26-16-19-13-12-18(2)15-21(19)31-20-9-5-4-6-10-20;/h4-6,9-10,12-13,15H,3,7-8,11,14,16-17H2,1-2H3,(H2,25,26,27);1H. The van der Waals surface area contributed by atoms with Crippen LogP contribution < -0.4 is 15.4 Å². The van der Waals surface area contributed by atoms with Crippen molar-refractivity contribution in [2.75, 3.05) is 6.54 Å². The molecule has 2 N–H and O–H groups in total. The highest BCUT2D eigenvalue weighted by Crippen LogP contribution is 2.27. The average molecular weight is 546 g/mol. The van der Waals surface area contributed by atoms with Gasteiger partial charge in [-0.25, -0.2) is 4.99 Å². The van der Waals surface area contributed by atoms with E-state index in [1.165, 1.54) is 12.8 Å². The van der Waals surface area contributed by atoms with Gasteiger partial charge >= 0.3 is 0 Å². The number of hydrogen-bond acceptors (Lipinski definition) is 4. The highest BCUT2D eigenvalue weighted by Gasteiger charge is 2.15. The largest absolute Gasteiger partial charge is 0.457 e. The molecule has 32 heavy (non-hydrogen) atoms. The van der Waals surface area contributed by atoms with Crippen LogP contribution in [0.4, 0.5) is 0 Å². The molecule has 0 unspecified atom stereocenters. The summed E-state index contributed by atoms with van der Waals surface area (Å²) < 4.78 is 8.36. The molecule has 0 atom stereocenters. The first-order chi connectivity index (χ1) is 15.2. The van der Waals surface area contributed by atoms with Crippen molar-refractivity contribution in [3.63, 3.8) is 0 Å². The van der Waals surface area contributed by atoms with Crippen molar-refractivity contribution in [1.29, 1.82) is 0 Å². The number of nitrogens with zero attached hydrogens (tertiary/aromatic N) is 4. The maximum atomic E-state index is 6.13. The fourth-order valence-corrected chi connectivity index (χ4v) is 3.67. The van der Waals surface area contributed by atoms with Crippen LogP contribution in [0.3, 0.4) is 0 Å². The topological polar surface area (TPSA) is 76.4 Å². The van der Waals surface area contributed by atoms with Crippen molar-refractivity contribution in [2.24, 2.45) is 4.99 Å². The lowest BCUT2D eigenvalue weighted by molar-refractivity contribution is 0.476. The van der Waals surface area contributed by atoms with Gasteiger partial charge in [0.2, 0.25) is 0 Å². The van der Waals surface area contributed by atoms with E-state index in [1.807, 2.05) is 30.3 Å². The molecule has 0 bridgehead atoms. The van der Waals surface area contributed by atoms with Crippen molar-refractivity contribution >= 4 is 29.9 Å². The molecule has 2 heterocycles. The number of para-hydroxylation sites is 1. The number of aliphatic imine (C=N–C) groups is 1. The van der Waals surface area contributed by atoms with E-state index >= 15 is 0 Å². The third-order valence-electron chi connectivity index (χ3n) is 5.30. The Balaban J connectivity index is 0.00000289. The number of guanidine groups is 1. The van der Waals surface area contributed by atoms with Crippen LogP contribution in [0.5, 0.6) is 11.5 Å². The highest BCUT2D eigenvalue weighted by molar-refractivity contribution is 14.0. The SMILES string of the molecule is CCNC(=NCc1ccc(C)cc1Oc1ccccc1)NCc1nnc2n1CCCC2.I. The molecular weight excluding hydrogens is 515 g/mol. The summed E-state index contributed by atoms with van der Waals surface area (Å²) in [6.07, 6.45) is 3.39. The van der Waals surface area contributed by atoms with Crippen molar-refractivity contribution in [1.82, 2.24) is 25.4 Å². The normalized spacial score (nSPS) is 13.1. The number of benzene rings is 2. The summed E-state index contributed by atoms with van der Waals surface area (Å²) in [5.74, 6) is 4.45. The van der Waals surface area contributed by atoms with Crippen molar-refractivity contribution in [3.8, 4) is 11.5 Å². The number of nitrogens with one attached hydrogen (secondary N) is 2. The average Bonchev–Trinajstić information content (AvgIpc) is 3.20. The Labute approximate surface area is 206 Å². The van der Waals surface area contributed by atoms with Gasteiger partial charge < -0.3 is 19.9 Å². The van der Waals surface area contributed by atoms with Crippen molar-refractivity contribution in [2.45, 2.75) is 52.7 Å². The second kappa shape index (κ2) is 11.8. The maximum absolute atomic E-state index is 6.13. The monoisotopic (exact) mass is 546 g/mol. The number of fused-ring (bicyclic) bond motifs is 1. The summed E-state index contributed by atoms with van der Waals surface area (Å²) in [4.78, 5) is 4.78. The van der Waals surface area contributed by atoms with Gasteiger partial charge in [-0.3, -0.25) is 0 Å². The number of halogens is 1. The van der Waals surface area contributed by atoms with Gasteiger partial charge in [-0.15, -0.1) is 34.2 Å². The first-order valence-corrected chi connectivity index (χ1v) is 11.0. The van der Waals surface area contributed by atoms with E-state index in [0.717, 1.165) is 59.7 Å². The van der Waals surface area contributed by atoms with Gasteiger partial charge in [-0.2, -0.15) is 0 Å². The number of aromatic nitrogens is 3. The smallest absolute Gasteiger partial charge is 0.191 e. The lowest BCUT2D eigenvalue weighted by Gasteiger charge is -2.16. The van der Waals surface area contributed by atoms with Gasteiger partial charge in [-0.05, 0) is 50.5 Å². The van der Waals surface area contributed by atoms with E-state index in [9.17, 15) is 0 Å². The minimum absolute atomic E-state index is 0. The van der Waals surface area contributed by atoms with E-state index in [1.54, 1.807) is 0 Å². The molecule has 2 aromatic carbocycles. The summed E-state index contributed by atoms with van der Waals surface area (Å²) in [6, 6.07) is 16.1. The van der Waals surface area contributed by atoms with Crippen LogP contribution in [0.1, 0.15) is 42.5 Å². The van der Waals surface area contributed by atoms with Crippen LogP contribution in [-0.4, -0.2) is 27.3 Å². The zero-order valence-corrected chi connectivity index (χ0v) is 21.0. The fourth-order valence-electron chi connectivity index (χ4n) is 3.67. The zero-order valence-electron chi connectivity index (χ0n) is 18.7. The van der Waals surface area contributed by atoms with Gasteiger partial charge in [0.05, 0.1) is 13.1 Å². The van der Waals surface area contributed by atoms with E-state index < -0.39 is 0 Å². The number of rotatable bonds is 7. The Kier molecular flexibility index (Phi) is 8.90. The molecule has 0 amide bonds. The lowest BCUT2D eigenvalue weighted by Crippen LogP contribution is -2.37. The maximum Gasteiger partial charge on any atom is 0.191 e. The quantitative estimate of drug-likeness (QED) is 0.258. The van der Waals surface area contributed by atoms with Crippen LogP contribution in [0.2, 0.25) is 0 Å². The summed E-state index contributed by atoms with van der Waals surface area (Å²) in [5.41, 5.74) is 2.19. The third-order valence-corrected chi connectivity index (χ3v) is 5.30. The molecule has 0 fully saturated rings. The number of ether oxygens (including phenoxy) is 1. The van der Waals surface area contributed by atoms with Crippen LogP contribution in [0.15, 0.2) is 53.5 Å². The first-order valence-electron chi connectivity index (χ1n) is 11.0. The van der Waals surface area contributed by atoms with Crippen LogP contribution >= 0.6 is 24.0 Å². The number of aryl methyl sites for hydroxylation is 2. The minimum atomic E-state index is 0. The molecule has 4 rings (SSSR count). The highest BCUT2D eigenvalue weighted by atomic mass is 127. The zero-order chi connectivity index (χ0) is 21.5. The van der Waals surface area contributed by atoms with Crippen LogP contribution in [0.25, 0.3) is 0 Å². The molecule has 0 radical (unpaired) electrons. The predicted octanol–water partition coefficient (Wildman–Crippen LogP) is 4.59. The predicted molar refractivity (Wildman–Crippen MR) is 138 cm³/mol. The van der Waals surface area contributed by atoms with Crippen LogP contribution in [-0.2, 0) is 26.1 Å². The molecule has 0 saturated heterocycles. The third kappa shape index (κ3) is 6.21. The van der Waals surface area contributed by atoms with Crippen molar-refractivity contribution < 1.29 is 4.74 Å². The molecule has 8 heteroatoms. The summed E-state index contributed by atoms with van der Waals surface area (Å²) in [6.45, 7) is 7.01. The van der Waals surface area contributed by atoms with Crippen molar-refractivity contribution in [3.05, 3.63) is 71.3 Å². The molecule has 1 aliphatic heterocycles. The Hall–Kier alpha value is -2.62. The molecule has 170 valence electrons. The minimum Gasteiger partial charge on any atom is -0.457 e. The van der Waals surface area contributed by atoms with E-state index in [4.69, 9.17) is 9.73 Å². The summed E-state index contributed by atoms with van der Waals surface area (Å²) in [5, 5.41) is 15.4. The van der Waals surface area contributed by atoms with Crippen LogP contribution in [0, 0.1) is 6.92 Å². The molecule has 1 aliphatic rings. The van der Waals surface area contributed by atoms with Gasteiger partial charge in [0.15, 0.2) is 11.8 Å². The van der Waals surface area contributed by atoms with E-state index in [0.29, 0.717) is 13.1 Å². The fraction of sp³-hybridized carbons (Fsp3) is 0.375. The van der Waals surface area contributed by atoms with Gasteiger partial charge in [0.1, 0.15) is 17.3 Å². The second-order valence-corrected chi connectivity index (χ2v) is 7.72. The summed E-state index contributed by atoms with van der Waals surface area (Å²) >= 11 is 0. The van der Waals surface area contributed by atoms with Gasteiger partial charge in [-0.1, -0.05) is 30.3 Å². The van der Waals surface area contributed by atoms with E-state index in [2.05, 4.69) is 57.4 Å². The Morgan fingerprint density at radius 1 is 1.09 bits per heavy atom. The molecule has 1 aromatic heterocycles. The summed E-state index contributed by atoms with van der Waals surface area (Å²) in [7, 11) is 0. The molecular formula is C24H31IN6O. The Morgan fingerprint density at radius 3 is 2.75 bits per heavy atom. The Morgan fingerprint density at radius 2 is 1.94 bits per heavy atom. The molecule has 0 saturated carbocycles. The molecule has 0 spiro atoms. The van der Waals surface area contributed by atoms with E-state index in [-0.39, 0.29) is 24.0 Å². The molecule has 3 aromatic rings. The number of hydrogen-bond donors (Lipinski definition) is 2.